The molecule has 2 saturated heterocycles. The number of methoxy groups -OCH3 is 2. The van der Waals surface area contributed by atoms with E-state index in [2.05, 4.69) is 17.1 Å². The Morgan fingerprint density at radius 1 is 1.13 bits per heavy atom. The first-order valence-corrected chi connectivity index (χ1v) is 11.2. The fraction of sp³-hybridized carbons (Fsp3) is 0.652. The van der Waals surface area contributed by atoms with Gasteiger partial charge in [0.1, 0.15) is 5.52 Å². The predicted molar refractivity (Wildman–Crippen MR) is 117 cm³/mol. The van der Waals surface area contributed by atoms with Gasteiger partial charge in [-0.05, 0) is 51.0 Å². The number of anilines is 1. The maximum absolute atomic E-state index is 5.79. The van der Waals surface area contributed by atoms with E-state index in [-0.39, 0.29) is 0 Å². The molecule has 7 nitrogen and oxygen atoms in total. The molecule has 3 aliphatic rings. The first kappa shape index (κ1) is 19.8. The molecule has 1 aliphatic carbocycles. The van der Waals surface area contributed by atoms with Crippen LogP contribution in [0.3, 0.4) is 0 Å². The molecule has 5 rings (SSSR count). The average molecular weight is 413 g/mol. The van der Waals surface area contributed by atoms with E-state index >= 15 is 0 Å². The highest BCUT2D eigenvalue weighted by molar-refractivity contribution is 5.92. The number of piperidine rings is 1. The van der Waals surface area contributed by atoms with Crippen LogP contribution in [-0.4, -0.2) is 67.0 Å². The highest BCUT2D eigenvalue weighted by atomic mass is 16.5. The number of rotatable bonds is 5. The zero-order chi connectivity index (χ0) is 20.7. The van der Waals surface area contributed by atoms with Gasteiger partial charge in [-0.1, -0.05) is 0 Å². The minimum atomic E-state index is 0.398. The molecule has 0 saturated carbocycles. The molecule has 0 amide bonds. The number of fused-ring (bicyclic) bond motifs is 2. The Bertz CT molecular complexity index is 927. The monoisotopic (exact) mass is 412 g/mol. The molecule has 0 spiro atoms. The summed E-state index contributed by atoms with van der Waals surface area (Å²) in [7, 11) is 3.27. The Kier molecular flexibility index (Phi) is 5.41. The van der Waals surface area contributed by atoms with Gasteiger partial charge in [0.25, 0.3) is 5.88 Å². The lowest BCUT2D eigenvalue weighted by Gasteiger charge is -2.36. The average Bonchev–Trinajstić information content (AvgIpc) is 3.42. The molecule has 30 heavy (non-hydrogen) atoms. The van der Waals surface area contributed by atoms with Gasteiger partial charge >= 0.3 is 0 Å². The van der Waals surface area contributed by atoms with E-state index in [1.807, 2.05) is 6.07 Å². The van der Waals surface area contributed by atoms with Crippen LogP contribution < -0.4 is 14.8 Å². The van der Waals surface area contributed by atoms with Gasteiger partial charge in [0, 0.05) is 36.9 Å². The fourth-order valence-electron chi connectivity index (χ4n) is 5.26. The molecule has 2 fully saturated rings. The van der Waals surface area contributed by atoms with Crippen molar-refractivity contribution in [3.05, 3.63) is 17.3 Å². The van der Waals surface area contributed by atoms with Crippen LogP contribution in [-0.2, 0) is 17.6 Å². The van der Waals surface area contributed by atoms with Crippen molar-refractivity contribution in [3.8, 4) is 11.6 Å². The quantitative estimate of drug-likeness (QED) is 0.809. The number of likely N-dealkylation sites (tertiary alicyclic amines) is 1. The van der Waals surface area contributed by atoms with Gasteiger partial charge in [0.05, 0.1) is 38.1 Å². The summed E-state index contributed by atoms with van der Waals surface area (Å²) in [5.41, 5.74) is 5.47. The molecule has 2 aliphatic heterocycles. The number of ether oxygens (including phenoxy) is 3. The summed E-state index contributed by atoms with van der Waals surface area (Å²) in [5, 5.41) is 3.88. The van der Waals surface area contributed by atoms with Crippen LogP contribution in [0.2, 0.25) is 0 Å². The van der Waals surface area contributed by atoms with Crippen LogP contribution in [0.25, 0.3) is 11.0 Å². The Morgan fingerprint density at radius 2 is 1.97 bits per heavy atom. The molecular formula is C23H32N4O3. The number of pyridine rings is 2. The zero-order valence-electron chi connectivity index (χ0n) is 18.2. The summed E-state index contributed by atoms with van der Waals surface area (Å²) in [5.74, 6) is 1.14. The van der Waals surface area contributed by atoms with Crippen molar-refractivity contribution in [2.75, 3.05) is 39.2 Å². The summed E-state index contributed by atoms with van der Waals surface area (Å²) in [4.78, 5) is 12.3. The van der Waals surface area contributed by atoms with E-state index in [1.165, 1.54) is 11.3 Å². The Labute approximate surface area is 178 Å². The predicted octanol–water partition coefficient (Wildman–Crippen LogP) is 3.19. The second-order valence-electron chi connectivity index (χ2n) is 8.82. The fourth-order valence-corrected chi connectivity index (χ4v) is 5.26. The molecule has 0 bridgehead atoms. The minimum absolute atomic E-state index is 0.398. The Balaban J connectivity index is 1.40. The number of aromatic nitrogens is 2. The number of hydrogen-bond acceptors (Lipinski definition) is 7. The third-order valence-corrected chi connectivity index (χ3v) is 6.90. The summed E-state index contributed by atoms with van der Waals surface area (Å²) in [6.07, 6.45) is 7.08. The lowest BCUT2D eigenvalue weighted by Crippen LogP contribution is -2.45. The van der Waals surface area contributed by atoms with Gasteiger partial charge in [0.2, 0.25) is 0 Å². The van der Waals surface area contributed by atoms with Crippen LogP contribution in [0, 0.1) is 0 Å². The lowest BCUT2D eigenvalue weighted by atomic mass is 10.0. The van der Waals surface area contributed by atoms with E-state index in [1.54, 1.807) is 14.2 Å². The van der Waals surface area contributed by atoms with Crippen LogP contribution in [0.15, 0.2) is 6.07 Å². The first-order valence-electron chi connectivity index (χ1n) is 11.2. The van der Waals surface area contributed by atoms with E-state index in [0.717, 1.165) is 74.9 Å². The van der Waals surface area contributed by atoms with Crippen molar-refractivity contribution in [2.24, 2.45) is 0 Å². The van der Waals surface area contributed by atoms with Gasteiger partial charge in [-0.25, -0.2) is 4.98 Å². The second kappa shape index (κ2) is 8.19. The largest absolute Gasteiger partial charge is 0.491 e. The minimum Gasteiger partial charge on any atom is -0.491 e. The molecule has 162 valence electrons. The van der Waals surface area contributed by atoms with Crippen molar-refractivity contribution in [1.82, 2.24) is 14.9 Å². The van der Waals surface area contributed by atoms with Crippen molar-refractivity contribution < 1.29 is 14.2 Å². The summed E-state index contributed by atoms with van der Waals surface area (Å²) >= 11 is 0. The molecule has 0 radical (unpaired) electrons. The number of hydrogen-bond donors (Lipinski definition) is 1. The molecule has 2 atom stereocenters. The topological polar surface area (TPSA) is 68.7 Å². The number of aryl methyl sites for hydroxylation is 1. The van der Waals surface area contributed by atoms with Crippen molar-refractivity contribution in [1.29, 1.82) is 0 Å². The maximum atomic E-state index is 5.79. The van der Waals surface area contributed by atoms with Gasteiger partial charge in [-0.15, -0.1) is 0 Å². The first-order chi connectivity index (χ1) is 14.7. The molecule has 1 unspecified atom stereocenters. The molecule has 0 aromatic carbocycles. The maximum Gasteiger partial charge on any atom is 0.257 e. The SMILES string of the molecule is COc1cc2nc3c(c(NC4CCN([C@H]5COC(C)C5)CC4)c2nc1OC)CCC3. The van der Waals surface area contributed by atoms with Crippen LogP contribution in [0.1, 0.15) is 43.9 Å². The van der Waals surface area contributed by atoms with Crippen LogP contribution in [0.4, 0.5) is 5.69 Å². The zero-order valence-corrected chi connectivity index (χ0v) is 18.2. The third-order valence-electron chi connectivity index (χ3n) is 6.90. The van der Waals surface area contributed by atoms with Gasteiger partial charge in [0.15, 0.2) is 5.75 Å². The Hall–Kier alpha value is -2.12. The highest BCUT2D eigenvalue weighted by Crippen LogP contribution is 2.38. The number of nitrogens with one attached hydrogen (secondary N) is 1. The lowest BCUT2D eigenvalue weighted by molar-refractivity contribution is 0.0992. The molecule has 4 heterocycles. The van der Waals surface area contributed by atoms with Gasteiger partial charge < -0.3 is 19.5 Å². The molecule has 7 heteroatoms. The summed E-state index contributed by atoms with van der Waals surface area (Å²) in [6, 6.07) is 2.99. The second-order valence-corrected chi connectivity index (χ2v) is 8.82. The molecular weight excluding hydrogens is 380 g/mol. The molecule has 2 aromatic heterocycles. The van der Waals surface area contributed by atoms with E-state index < -0.39 is 0 Å². The highest BCUT2D eigenvalue weighted by Gasteiger charge is 2.31. The van der Waals surface area contributed by atoms with E-state index in [9.17, 15) is 0 Å². The standard InChI is InChI=1S/C23H32N4O3/c1-14-11-16(13-30-14)27-9-7-15(8-10-27)24-21-17-5-4-6-18(17)25-19-12-20(28-2)23(29-3)26-22(19)21/h12,14-16H,4-11,13H2,1-3H3,(H,24,25)/t14?,16-/m1/s1. The van der Waals surface area contributed by atoms with Crippen molar-refractivity contribution >= 4 is 16.7 Å². The van der Waals surface area contributed by atoms with E-state index in [0.29, 0.717) is 29.8 Å². The van der Waals surface area contributed by atoms with Crippen molar-refractivity contribution in [2.45, 2.75) is 63.6 Å². The van der Waals surface area contributed by atoms with Crippen LogP contribution >= 0.6 is 0 Å². The van der Waals surface area contributed by atoms with Crippen molar-refractivity contribution in [3.63, 3.8) is 0 Å². The van der Waals surface area contributed by atoms with Gasteiger partial charge in [-0.3, -0.25) is 9.88 Å². The molecule has 1 N–H and O–H groups in total. The van der Waals surface area contributed by atoms with Crippen LogP contribution in [0.5, 0.6) is 11.6 Å². The number of nitrogens with zero attached hydrogens (tertiary/aromatic N) is 3. The normalized spacial score (nSPS) is 24.9. The summed E-state index contributed by atoms with van der Waals surface area (Å²) in [6.45, 7) is 5.30. The summed E-state index contributed by atoms with van der Waals surface area (Å²) < 4.78 is 16.7. The third kappa shape index (κ3) is 3.58. The molecule has 2 aromatic rings. The van der Waals surface area contributed by atoms with E-state index in [4.69, 9.17) is 24.2 Å². The smallest absolute Gasteiger partial charge is 0.257 e. The Morgan fingerprint density at radius 3 is 2.67 bits per heavy atom. The van der Waals surface area contributed by atoms with Gasteiger partial charge in [-0.2, -0.15) is 0 Å².